The summed E-state index contributed by atoms with van der Waals surface area (Å²) in [6, 6.07) is 5.86. The summed E-state index contributed by atoms with van der Waals surface area (Å²) >= 11 is 0. The highest BCUT2D eigenvalue weighted by Crippen LogP contribution is 2.30. The SMILES string of the molecule is C[C@H]1Oc2ccn3ncc(c3n2)NC(=O)CCOc2ccc(F)cc21. The van der Waals surface area contributed by atoms with E-state index < -0.39 is 6.10 Å². The fourth-order valence-corrected chi connectivity index (χ4v) is 2.69. The van der Waals surface area contributed by atoms with E-state index in [2.05, 4.69) is 15.4 Å². The number of rotatable bonds is 0. The number of aromatic nitrogens is 3. The van der Waals surface area contributed by atoms with Crippen LogP contribution in [0.25, 0.3) is 5.65 Å². The molecule has 0 spiro atoms. The average molecular weight is 342 g/mol. The predicted octanol–water partition coefficient (Wildman–Crippen LogP) is 2.73. The first-order valence-electron chi connectivity index (χ1n) is 7.83. The van der Waals surface area contributed by atoms with Crippen LogP contribution < -0.4 is 14.8 Å². The minimum atomic E-state index is -0.489. The minimum absolute atomic E-state index is 0.142. The molecule has 25 heavy (non-hydrogen) atoms. The van der Waals surface area contributed by atoms with Gasteiger partial charge in [0.15, 0.2) is 5.65 Å². The molecule has 0 saturated heterocycles. The lowest BCUT2D eigenvalue weighted by atomic mass is 10.1. The number of halogens is 1. The lowest BCUT2D eigenvalue weighted by molar-refractivity contribution is -0.116. The van der Waals surface area contributed by atoms with Crippen molar-refractivity contribution in [3.63, 3.8) is 0 Å². The Bertz CT molecular complexity index is 956. The lowest BCUT2D eigenvalue weighted by Gasteiger charge is -2.18. The molecule has 1 atom stereocenters. The summed E-state index contributed by atoms with van der Waals surface area (Å²) < 4.78 is 26.7. The van der Waals surface area contributed by atoms with Gasteiger partial charge in [0.2, 0.25) is 11.8 Å². The topological polar surface area (TPSA) is 77.8 Å². The molecular weight excluding hydrogens is 327 g/mol. The van der Waals surface area contributed by atoms with Gasteiger partial charge in [0.25, 0.3) is 0 Å². The third-order valence-electron chi connectivity index (χ3n) is 3.91. The first kappa shape index (κ1) is 15.4. The van der Waals surface area contributed by atoms with Crippen molar-refractivity contribution in [2.75, 3.05) is 11.9 Å². The molecule has 0 unspecified atom stereocenters. The molecule has 0 fully saturated rings. The van der Waals surface area contributed by atoms with Gasteiger partial charge in [-0.1, -0.05) is 0 Å². The van der Waals surface area contributed by atoms with E-state index in [-0.39, 0.29) is 24.8 Å². The van der Waals surface area contributed by atoms with E-state index in [1.807, 2.05) is 0 Å². The van der Waals surface area contributed by atoms with Crippen LogP contribution >= 0.6 is 0 Å². The maximum absolute atomic E-state index is 13.7. The Labute approximate surface area is 142 Å². The van der Waals surface area contributed by atoms with Crippen LogP contribution in [-0.4, -0.2) is 27.1 Å². The zero-order valence-electron chi connectivity index (χ0n) is 13.4. The van der Waals surface area contributed by atoms with E-state index in [4.69, 9.17) is 9.47 Å². The molecule has 0 saturated carbocycles. The summed E-state index contributed by atoms with van der Waals surface area (Å²) in [5, 5.41) is 6.90. The molecule has 1 aliphatic rings. The van der Waals surface area contributed by atoms with Gasteiger partial charge in [0, 0.05) is 17.8 Å². The summed E-state index contributed by atoms with van der Waals surface area (Å²) in [7, 11) is 0. The van der Waals surface area contributed by atoms with Gasteiger partial charge in [-0.05, 0) is 25.1 Å². The number of fused-ring (bicyclic) bond motifs is 2. The monoisotopic (exact) mass is 342 g/mol. The van der Waals surface area contributed by atoms with Crippen LogP contribution in [0.15, 0.2) is 36.7 Å². The average Bonchev–Trinajstić information content (AvgIpc) is 2.97. The number of hydrogen-bond donors (Lipinski definition) is 1. The quantitative estimate of drug-likeness (QED) is 0.680. The second-order valence-electron chi connectivity index (χ2n) is 5.68. The molecular formula is C17H15FN4O3. The molecule has 1 aliphatic heterocycles. The summed E-state index contributed by atoms with van der Waals surface area (Å²) in [6.07, 6.45) is 2.86. The summed E-state index contributed by atoms with van der Waals surface area (Å²) in [4.78, 5) is 16.5. The fraction of sp³-hybridized carbons (Fsp3) is 0.235. The van der Waals surface area contributed by atoms with Gasteiger partial charge in [-0.15, -0.1) is 0 Å². The third-order valence-corrected chi connectivity index (χ3v) is 3.91. The number of hydrogen-bond acceptors (Lipinski definition) is 5. The van der Waals surface area contributed by atoms with Crippen LogP contribution in [0, 0.1) is 5.82 Å². The number of amides is 1. The highest BCUT2D eigenvalue weighted by atomic mass is 19.1. The predicted molar refractivity (Wildman–Crippen MR) is 87.2 cm³/mol. The number of benzene rings is 1. The molecule has 7 nitrogen and oxygen atoms in total. The summed E-state index contributed by atoms with van der Waals surface area (Å²) in [6.45, 7) is 1.94. The van der Waals surface area contributed by atoms with Crippen LogP contribution in [0.2, 0.25) is 0 Å². The van der Waals surface area contributed by atoms with Crippen LogP contribution in [0.1, 0.15) is 25.0 Å². The Kier molecular flexibility index (Phi) is 3.72. The van der Waals surface area contributed by atoms with E-state index >= 15 is 0 Å². The first-order chi connectivity index (χ1) is 12.1. The van der Waals surface area contributed by atoms with Gasteiger partial charge in [0.1, 0.15) is 23.4 Å². The molecule has 1 N–H and O–H groups in total. The highest BCUT2D eigenvalue weighted by molar-refractivity contribution is 5.94. The Morgan fingerprint density at radius 1 is 1.36 bits per heavy atom. The van der Waals surface area contributed by atoms with Gasteiger partial charge in [-0.3, -0.25) is 4.79 Å². The first-order valence-corrected chi connectivity index (χ1v) is 7.83. The number of carbonyl (C=O) groups is 1. The summed E-state index contributed by atoms with van der Waals surface area (Å²) in [5.74, 6) is 0.204. The number of anilines is 1. The van der Waals surface area contributed by atoms with Crippen molar-refractivity contribution >= 4 is 17.2 Å². The summed E-state index contributed by atoms with van der Waals surface area (Å²) in [5.41, 5.74) is 1.51. The van der Waals surface area contributed by atoms with Crippen molar-refractivity contribution in [3.05, 3.63) is 48.0 Å². The second-order valence-corrected chi connectivity index (χ2v) is 5.68. The molecule has 3 aromatic rings. The molecule has 1 aromatic carbocycles. The molecule has 128 valence electrons. The van der Waals surface area contributed by atoms with E-state index in [0.717, 1.165) is 0 Å². The van der Waals surface area contributed by atoms with Gasteiger partial charge in [-0.2, -0.15) is 10.1 Å². The Balaban J connectivity index is 1.79. The molecule has 0 aliphatic carbocycles. The zero-order valence-corrected chi connectivity index (χ0v) is 13.4. The van der Waals surface area contributed by atoms with Gasteiger partial charge < -0.3 is 14.8 Å². The van der Waals surface area contributed by atoms with Crippen LogP contribution in [0.4, 0.5) is 10.1 Å². The molecule has 8 heteroatoms. The van der Waals surface area contributed by atoms with Gasteiger partial charge >= 0.3 is 0 Å². The molecule has 1 amide bonds. The van der Waals surface area contributed by atoms with Gasteiger partial charge in [0.05, 0.1) is 19.2 Å². The third kappa shape index (κ3) is 2.98. The van der Waals surface area contributed by atoms with Crippen molar-refractivity contribution in [1.29, 1.82) is 0 Å². The maximum atomic E-state index is 13.7. The highest BCUT2D eigenvalue weighted by Gasteiger charge is 2.18. The zero-order chi connectivity index (χ0) is 17.4. The van der Waals surface area contributed by atoms with E-state index in [9.17, 15) is 9.18 Å². The number of ether oxygens (including phenoxy) is 2. The fourth-order valence-electron chi connectivity index (χ4n) is 2.69. The standard InChI is InChI=1S/C17H15FN4O3/c1-10-12-8-11(18)2-3-14(12)24-7-5-15(23)20-13-9-19-22-6-4-16(25-10)21-17(13)22/h2-4,6,8-10H,5,7H2,1H3,(H,20,23)/t10-/m1/s1. The second kappa shape index (κ2) is 6.04. The Morgan fingerprint density at radius 2 is 2.24 bits per heavy atom. The largest absolute Gasteiger partial charge is 0.493 e. The molecule has 0 radical (unpaired) electrons. The number of nitrogens with zero attached hydrogens (tertiary/aromatic N) is 3. The normalized spacial score (nSPS) is 17.5. The minimum Gasteiger partial charge on any atom is -0.493 e. The number of carbonyl (C=O) groups excluding carboxylic acids is 1. The van der Waals surface area contributed by atoms with E-state index in [1.54, 1.807) is 19.2 Å². The maximum Gasteiger partial charge on any atom is 0.227 e. The van der Waals surface area contributed by atoms with Crippen LogP contribution in [0.5, 0.6) is 11.6 Å². The van der Waals surface area contributed by atoms with Crippen molar-refractivity contribution < 1.29 is 18.7 Å². The molecule has 4 rings (SSSR count). The van der Waals surface area contributed by atoms with Crippen molar-refractivity contribution in [2.45, 2.75) is 19.4 Å². The molecule has 2 bridgehead atoms. The molecule has 3 heterocycles. The van der Waals surface area contributed by atoms with Crippen LogP contribution in [0.3, 0.4) is 0 Å². The van der Waals surface area contributed by atoms with E-state index in [1.165, 1.54) is 28.9 Å². The van der Waals surface area contributed by atoms with Crippen molar-refractivity contribution in [1.82, 2.24) is 14.6 Å². The number of nitrogens with one attached hydrogen (secondary N) is 1. The van der Waals surface area contributed by atoms with E-state index in [0.29, 0.717) is 28.5 Å². The van der Waals surface area contributed by atoms with Crippen molar-refractivity contribution in [3.8, 4) is 11.6 Å². The van der Waals surface area contributed by atoms with Crippen LogP contribution in [-0.2, 0) is 4.79 Å². The van der Waals surface area contributed by atoms with Gasteiger partial charge in [-0.25, -0.2) is 8.91 Å². The molecule has 2 aromatic heterocycles. The smallest absolute Gasteiger partial charge is 0.227 e. The Hall–Kier alpha value is -3.16. The van der Waals surface area contributed by atoms with Crippen molar-refractivity contribution in [2.24, 2.45) is 0 Å². The lowest BCUT2D eigenvalue weighted by Crippen LogP contribution is -2.15. The Morgan fingerprint density at radius 3 is 3.12 bits per heavy atom.